The molecule has 2 heterocycles. The Kier molecular flexibility index (Phi) is 4.51. The molecule has 7 nitrogen and oxygen atoms in total. The highest BCUT2D eigenvalue weighted by Crippen LogP contribution is 2.12. The largest absolute Gasteiger partial charge is 0.279 e. The SMILES string of the molecule is O=S(=O)(NCc1ccc(Cn2cncn2)cc1)N1CCCC1. The molecule has 0 spiro atoms. The monoisotopic (exact) mass is 321 g/mol. The Labute approximate surface area is 130 Å². The van der Waals surface area contributed by atoms with E-state index in [-0.39, 0.29) is 0 Å². The lowest BCUT2D eigenvalue weighted by molar-refractivity contribution is 0.464. The van der Waals surface area contributed by atoms with E-state index in [0.717, 1.165) is 24.0 Å². The molecule has 1 fully saturated rings. The highest BCUT2D eigenvalue weighted by Gasteiger charge is 2.24. The fourth-order valence-corrected chi connectivity index (χ4v) is 3.73. The third kappa shape index (κ3) is 3.70. The fourth-order valence-electron chi connectivity index (χ4n) is 2.46. The minimum absolute atomic E-state index is 0.308. The van der Waals surface area contributed by atoms with Gasteiger partial charge in [-0.2, -0.15) is 22.5 Å². The molecule has 1 aromatic heterocycles. The van der Waals surface area contributed by atoms with Crippen LogP contribution in [0.25, 0.3) is 0 Å². The minimum Gasteiger partial charge on any atom is -0.249 e. The molecule has 0 amide bonds. The zero-order chi connectivity index (χ0) is 15.4. The van der Waals surface area contributed by atoms with Crippen molar-refractivity contribution >= 4 is 10.2 Å². The lowest BCUT2D eigenvalue weighted by atomic mass is 10.1. The summed E-state index contributed by atoms with van der Waals surface area (Å²) < 4.78 is 30.1. The Balaban J connectivity index is 1.57. The molecule has 0 radical (unpaired) electrons. The predicted molar refractivity (Wildman–Crippen MR) is 82.1 cm³/mol. The second kappa shape index (κ2) is 6.55. The Bertz CT molecular complexity index is 691. The van der Waals surface area contributed by atoms with Gasteiger partial charge < -0.3 is 0 Å². The van der Waals surface area contributed by atoms with Gasteiger partial charge in [0.2, 0.25) is 0 Å². The van der Waals surface area contributed by atoms with Gasteiger partial charge in [-0.25, -0.2) is 9.67 Å². The second-order valence-corrected chi connectivity index (χ2v) is 7.10. The topological polar surface area (TPSA) is 80.1 Å². The first kappa shape index (κ1) is 15.1. The molecule has 0 aliphatic carbocycles. The molecule has 2 aromatic rings. The van der Waals surface area contributed by atoms with E-state index in [1.165, 1.54) is 10.6 Å². The van der Waals surface area contributed by atoms with Crippen LogP contribution in [0.15, 0.2) is 36.9 Å². The van der Waals surface area contributed by atoms with Crippen LogP contribution >= 0.6 is 0 Å². The zero-order valence-electron chi connectivity index (χ0n) is 12.2. The standard InChI is InChI=1S/C14H19N5O2S/c20-22(21,19-7-1-2-8-19)17-9-13-3-5-14(6-4-13)10-18-12-15-11-16-18/h3-6,11-12,17H,1-2,7-10H2. The molecule has 3 rings (SSSR count). The van der Waals surface area contributed by atoms with Crippen molar-refractivity contribution in [2.24, 2.45) is 0 Å². The summed E-state index contributed by atoms with van der Waals surface area (Å²) in [6, 6.07) is 7.81. The fraction of sp³-hybridized carbons (Fsp3) is 0.429. The molecule has 22 heavy (non-hydrogen) atoms. The van der Waals surface area contributed by atoms with Gasteiger partial charge in [0.25, 0.3) is 10.2 Å². The van der Waals surface area contributed by atoms with Crippen LogP contribution in [0, 0.1) is 0 Å². The molecular formula is C14H19N5O2S. The molecule has 0 atom stereocenters. The summed E-state index contributed by atoms with van der Waals surface area (Å²) in [7, 11) is -3.35. The lowest BCUT2D eigenvalue weighted by Gasteiger charge is -2.16. The second-order valence-electron chi connectivity index (χ2n) is 5.34. The number of nitrogens with one attached hydrogen (secondary N) is 1. The van der Waals surface area contributed by atoms with Gasteiger partial charge in [0.15, 0.2) is 0 Å². The lowest BCUT2D eigenvalue weighted by Crippen LogP contribution is -2.38. The van der Waals surface area contributed by atoms with E-state index in [9.17, 15) is 8.42 Å². The third-order valence-electron chi connectivity index (χ3n) is 3.70. The molecule has 0 unspecified atom stereocenters. The quantitative estimate of drug-likeness (QED) is 0.852. The number of benzene rings is 1. The Morgan fingerprint density at radius 2 is 1.77 bits per heavy atom. The van der Waals surface area contributed by atoms with Crippen LogP contribution in [-0.4, -0.2) is 40.6 Å². The maximum absolute atomic E-state index is 12.1. The number of nitrogens with zero attached hydrogens (tertiary/aromatic N) is 4. The van der Waals surface area contributed by atoms with E-state index in [1.54, 1.807) is 11.0 Å². The summed E-state index contributed by atoms with van der Waals surface area (Å²) in [5.74, 6) is 0. The Morgan fingerprint density at radius 3 is 2.41 bits per heavy atom. The summed E-state index contributed by atoms with van der Waals surface area (Å²) in [5, 5.41) is 4.06. The van der Waals surface area contributed by atoms with Gasteiger partial charge in [-0.15, -0.1) is 0 Å². The van der Waals surface area contributed by atoms with Crippen LogP contribution in [0.3, 0.4) is 0 Å². The van der Waals surface area contributed by atoms with Gasteiger partial charge in [0.1, 0.15) is 12.7 Å². The number of rotatable bonds is 6. The van der Waals surface area contributed by atoms with Crippen molar-refractivity contribution in [3.05, 3.63) is 48.0 Å². The third-order valence-corrected chi connectivity index (χ3v) is 5.25. The number of hydrogen-bond acceptors (Lipinski definition) is 4. The average Bonchev–Trinajstić information content (AvgIpc) is 3.20. The highest BCUT2D eigenvalue weighted by atomic mass is 32.2. The van der Waals surface area contributed by atoms with Gasteiger partial charge in [0.05, 0.1) is 6.54 Å². The molecule has 1 aliphatic rings. The van der Waals surface area contributed by atoms with Gasteiger partial charge >= 0.3 is 0 Å². The van der Waals surface area contributed by atoms with E-state index >= 15 is 0 Å². The summed E-state index contributed by atoms with van der Waals surface area (Å²) in [6.45, 7) is 2.20. The van der Waals surface area contributed by atoms with Crippen molar-refractivity contribution in [3.63, 3.8) is 0 Å². The molecule has 1 N–H and O–H groups in total. The first-order valence-electron chi connectivity index (χ1n) is 7.28. The molecule has 1 aromatic carbocycles. The zero-order valence-corrected chi connectivity index (χ0v) is 13.0. The van der Waals surface area contributed by atoms with Crippen molar-refractivity contribution in [2.75, 3.05) is 13.1 Å². The van der Waals surface area contributed by atoms with Gasteiger partial charge in [-0.1, -0.05) is 24.3 Å². The van der Waals surface area contributed by atoms with E-state index < -0.39 is 10.2 Å². The first-order chi connectivity index (χ1) is 10.6. The Morgan fingerprint density at radius 1 is 1.09 bits per heavy atom. The minimum atomic E-state index is -3.35. The molecule has 1 saturated heterocycles. The number of aromatic nitrogens is 3. The van der Waals surface area contributed by atoms with Crippen LogP contribution < -0.4 is 4.72 Å². The van der Waals surface area contributed by atoms with Gasteiger partial charge in [-0.05, 0) is 24.0 Å². The van der Waals surface area contributed by atoms with Crippen molar-refractivity contribution in [1.82, 2.24) is 23.8 Å². The van der Waals surface area contributed by atoms with Crippen molar-refractivity contribution in [1.29, 1.82) is 0 Å². The molecule has 0 saturated carbocycles. The van der Waals surface area contributed by atoms with Crippen LogP contribution in [0.5, 0.6) is 0 Å². The molecule has 1 aliphatic heterocycles. The summed E-state index contributed by atoms with van der Waals surface area (Å²) in [5.41, 5.74) is 2.03. The maximum Gasteiger partial charge on any atom is 0.279 e. The van der Waals surface area contributed by atoms with Crippen molar-refractivity contribution < 1.29 is 8.42 Å². The average molecular weight is 321 g/mol. The summed E-state index contributed by atoms with van der Waals surface area (Å²) >= 11 is 0. The molecule has 8 heteroatoms. The van der Waals surface area contributed by atoms with Crippen LogP contribution in [0.4, 0.5) is 0 Å². The molecular weight excluding hydrogens is 302 g/mol. The van der Waals surface area contributed by atoms with E-state index in [0.29, 0.717) is 26.2 Å². The van der Waals surface area contributed by atoms with Gasteiger partial charge in [-0.3, -0.25) is 0 Å². The maximum atomic E-state index is 12.1. The van der Waals surface area contributed by atoms with E-state index in [2.05, 4.69) is 14.8 Å². The smallest absolute Gasteiger partial charge is 0.249 e. The van der Waals surface area contributed by atoms with Crippen molar-refractivity contribution in [2.45, 2.75) is 25.9 Å². The molecule has 0 bridgehead atoms. The van der Waals surface area contributed by atoms with Crippen LogP contribution in [-0.2, 0) is 23.3 Å². The van der Waals surface area contributed by atoms with E-state index in [4.69, 9.17) is 0 Å². The van der Waals surface area contributed by atoms with Crippen LogP contribution in [0.1, 0.15) is 24.0 Å². The predicted octanol–water partition coefficient (Wildman–Crippen LogP) is 0.757. The van der Waals surface area contributed by atoms with Crippen molar-refractivity contribution in [3.8, 4) is 0 Å². The highest BCUT2D eigenvalue weighted by molar-refractivity contribution is 7.87. The summed E-state index contributed by atoms with van der Waals surface area (Å²) in [4.78, 5) is 3.90. The Hall–Kier alpha value is -1.77. The first-order valence-corrected chi connectivity index (χ1v) is 8.72. The molecule has 118 valence electrons. The van der Waals surface area contributed by atoms with Crippen LogP contribution in [0.2, 0.25) is 0 Å². The number of hydrogen-bond donors (Lipinski definition) is 1. The summed E-state index contributed by atoms with van der Waals surface area (Å²) in [6.07, 6.45) is 5.05. The normalized spacial score (nSPS) is 16.2. The van der Waals surface area contributed by atoms with E-state index in [1.807, 2.05) is 24.3 Å². The van der Waals surface area contributed by atoms with Gasteiger partial charge in [0, 0.05) is 19.6 Å².